The number of allylic oxidation sites excluding steroid dienone is 2. The van der Waals surface area contributed by atoms with Gasteiger partial charge >= 0.3 is 6.18 Å². The fourth-order valence-electron chi connectivity index (χ4n) is 0.195. The highest BCUT2D eigenvalue weighted by atomic mass is 19.4. The first-order valence-electron chi connectivity index (χ1n) is 3.26. The van der Waals surface area contributed by atoms with Crippen LogP contribution < -0.4 is 0 Å². The van der Waals surface area contributed by atoms with Crippen molar-refractivity contribution >= 4 is 0 Å². The lowest BCUT2D eigenvalue weighted by molar-refractivity contribution is -0.0931. The van der Waals surface area contributed by atoms with E-state index in [4.69, 9.17) is 0 Å². The Morgan fingerprint density at radius 1 is 1.00 bits per heavy atom. The summed E-state index contributed by atoms with van der Waals surface area (Å²) in [5, 5.41) is 0. The van der Waals surface area contributed by atoms with Gasteiger partial charge in [-0.2, -0.15) is 13.2 Å². The molecule has 0 aromatic carbocycles. The molecule has 0 saturated carbocycles. The van der Waals surface area contributed by atoms with E-state index >= 15 is 0 Å². The van der Waals surface area contributed by atoms with Crippen molar-refractivity contribution in [3.8, 4) is 0 Å². The zero-order valence-electron chi connectivity index (χ0n) is 7.01. The van der Waals surface area contributed by atoms with Crippen molar-refractivity contribution in [1.29, 1.82) is 0 Å². The molecule has 0 atom stereocenters. The molecule has 11 heavy (non-hydrogen) atoms. The van der Waals surface area contributed by atoms with Crippen LogP contribution in [0.15, 0.2) is 11.4 Å². The smallest absolute Gasteiger partial charge is 0.212 e. The Kier molecular flexibility index (Phi) is 6.13. The first kappa shape index (κ1) is 13.1. The first-order valence-corrected chi connectivity index (χ1v) is 3.26. The number of halogens is 4. The van der Waals surface area contributed by atoms with Crippen LogP contribution in [0.5, 0.6) is 0 Å². The van der Waals surface area contributed by atoms with Gasteiger partial charge in [-0.15, -0.1) is 0 Å². The van der Waals surface area contributed by atoms with Crippen LogP contribution in [0.25, 0.3) is 0 Å². The zero-order valence-corrected chi connectivity index (χ0v) is 7.01. The van der Waals surface area contributed by atoms with Gasteiger partial charge in [0.15, 0.2) is 0 Å². The van der Waals surface area contributed by atoms with Gasteiger partial charge in [-0.3, -0.25) is 0 Å². The summed E-state index contributed by atoms with van der Waals surface area (Å²) in [7, 11) is 0. The summed E-state index contributed by atoms with van der Waals surface area (Å²) in [6.45, 7) is 5.48. The van der Waals surface area contributed by atoms with E-state index in [1.54, 1.807) is 0 Å². The molecule has 0 radical (unpaired) electrons. The molecule has 0 bridgehead atoms. The lowest BCUT2D eigenvalue weighted by Crippen LogP contribution is -2.09. The van der Waals surface area contributed by atoms with E-state index in [-0.39, 0.29) is 0 Å². The molecular weight excluding hydrogens is 160 g/mol. The maximum absolute atomic E-state index is 11.8. The number of rotatable bonds is 0. The Balaban J connectivity index is 0. The highest BCUT2D eigenvalue weighted by Crippen LogP contribution is 2.27. The maximum Gasteiger partial charge on any atom is 0.414 e. The third kappa shape index (κ3) is 5.88. The summed E-state index contributed by atoms with van der Waals surface area (Å²) in [5.74, 6) is -1.18. The predicted molar refractivity (Wildman–Crippen MR) is 36.9 cm³/mol. The molecule has 0 N–H and O–H groups in total. The second-order valence-electron chi connectivity index (χ2n) is 1.66. The summed E-state index contributed by atoms with van der Waals surface area (Å²) in [4.78, 5) is 0. The van der Waals surface area contributed by atoms with E-state index in [1.807, 2.05) is 13.8 Å². The third-order valence-corrected chi connectivity index (χ3v) is 0.942. The molecule has 0 unspecified atom stereocenters. The van der Waals surface area contributed by atoms with Gasteiger partial charge in [-0.05, 0) is 13.8 Å². The minimum Gasteiger partial charge on any atom is -0.212 e. The first-order chi connectivity index (χ1) is 4.85. The van der Waals surface area contributed by atoms with Crippen LogP contribution >= 0.6 is 0 Å². The van der Waals surface area contributed by atoms with Gasteiger partial charge in [0, 0.05) is 0 Å². The lowest BCUT2D eigenvalue weighted by Gasteiger charge is -2.04. The van der Waals surface area contributed by atoms with Gasteiger partial charge in [0.1, 0.15) is 5.83 Å². The highest BCUT2D eigenvalue weighted by Gasteiger charge is 2.31. The second kappa shape index (κ2) is 5.16. The molecule has 0 aliphatic rings. The van der Waals surface area contributed by atoms with Gasteiger partial charge < -0.3 is 0 Å². The van der Waals surface area contributed by atoms with Gasteiger partial charge in [0.05, 0.1) is 5.57 Å². The molecule has 0 aliphatic carbocycles. The minimum atomic E-state index is -4.52. The molecule has 0 amide bonds. The lowest BCUT2D eigenvalue weighted by atomic mass is 10.3. The summed E-state index contributed by atoms with van der Waals surface area (Å²) < 4.78 is 46.0. The Labute approximate surface area is 63.9 Å². The average Bonchev–Trinajstić information content (AvgIpc) is 1.89. The van der Waals surface area contributed by atoms with Gasteiger partial charge in [0.25, 0.3) is 0 Å². The second-order valence-corrected chi connectivity index (χ2v) is 1.66. The van der Waals surface area contributed by atoms with Crippen LogP contribution in [-0.2, 0) is 0 Å². The summed E-state index contributed by atoms with van der Waals surface area (Å²) in [6, 6.07) is 0. The predicted octanol–water partition coefficient (Wildman–Crippen LogP) is 3.84. The van der Waals surface area contributed by atoms with Crippen LogP contribution in [0.3, 0.4) is 0 Å². The molecule has 68 valence electrons. The SMILES string of the molecule is C/C(F)=C(\C)C(F)(F)F.CC. The van der Waals surface area contributed by atoms with Gasteiger partial charge in [0.2, 0.25) is 0 Å². The monoisotopic (exact) mass is 172 g/mol. The molecule has 0 heterocycles. The third-order valence-electron chi connectivity index (χ3n) is 0.942. The average molecular weight is 172 g/mol. The Morgan fingerprint density at radius 2 is 1.27 bits per heavy atom. The number of alkyl halides is 3. The summed E-state index contributed by atoms with van der Waals surface area (Å²) >= 11 is 0. The van der Waals surface area contributed by atoms with Crippen LogP contribution in [0, 0.1) is 0 Å². The normalized spacial score (nSPS) is 13.1. The molecule has 0 aromatic heterocycles. The van der Waals surface area contributed by atoms with Crippen molar-refractivity contribution in [2.24, 2.45) is 0 Å². The number of hydrogen-bond acceptors (Lipinski definition) is 0. The van der Waals surface area contributed by atoms with E-state index in [9.17, 15) is 17.6 Å². The van der Waals surface area contributed by atoms with Crippen LogP contribution in [0.1, 0.15) is 27.7 Å². The van der Waals surface area contributed by atoms with Crippen molar-refractivity contribution in [3.63, 3.8) is 0 Å². The summed E-state index contributed by atoms with van der Waals surface area (Å²) in [5.41, 5.74) is -1.16. The fraction of sp³-hybridized carbons (Fsp3) is 0.714. The van der Waals surface area contributed by atoms with Crippen LogP contribution in [-0.4, -0.2) is 6.18 Å². The Hall–Kier alpha value is -0.540. The molecule has 0 saturated heterocycles. The fourth-order valence-corrected chi connectivity index (χ4v) is 0.195. The quantitative estimate of drug-likeness (QED) is 0.487. The molecule has 0 fully saturated rings. The van der Waals surface area contributed by atoms with E-state index in [0.717, 1.165) is 6.92 Å². The van der Waals surface area contributed by atoms with E-state index in [2.05, 4.69) is 0 Å². The molecule has 0 aliphatic heterocycles. The van der Waals surface area contributed by atoms with E-state index < -0.39 is 17.6 Å². The van der Waals surface area contributed by atoms with Crippen LogP contribution in [0.2, 0.25) is 0 Å². The largest absolute Gasteiger partial charge is 0.414 e. The highest BCUT2D eigenvalue weighted by molar-refractivity contribution is 5.08. The van der Waals surface area contributed by atoms with Gasteiger partial charge in [-0.25, -0.2) is 4.39 Å². The maximum atomic E-state index is 11.8. The Bertz CT molecular complexity index is 128. The molecule has 4 heteroatoms. The van der Waals surface area contributed by atoms with Crippen molar-refractivity contribution in [2.45, 2.75) is 33.9 Å². The molecule has 0 rings (SSSR count). The van der Waals surface area contributed by atoms with Crippen molar-refractivity contribution < 1.29 is 17.6 Å². The molecule has 0 aromatic rings. The number of hydrogen-bond donors (Lipinski definition) is 0. The zero-order chi connectivity index (χ0) is 9.65. The molecular formula is C7H12F4. The Morgan fingerprint density at radius 3 is 1.27 bits per heavy atom. The van der Waals surface area contributed by atoms with Crippen LogP contribution in [0.4, 0.5) is 17.6 Å². The van der Waals surface area contributed by atoms with Crippen molar-refractivity contribution in [3.05, 3.63) is 11.4 Å². The van der Waals surface area contributed by atoms with Crippen molar-refractivity contribution in [2.75, 3.05) is 0 Å². The van der Waals surface area contributed by atoms with Crippen molar-refractivity contribution in [1.82, 2.24) is 0 Å². The molecule has 0 spiro atoms. The minimum absolute atomic E-state index is 0.704. The summed E-state index contributed by atoms with van der Waals surface area (Å²) in [6.07, 6.45) is -4.52. The molecule has 0 nitrogen and oxygen atoms in total. The standard InChI is InChI=1S/C5H6F4.C2H6/c1-3(4(2)6)5(7,8)9;1-2/h1-2H3;1-2H3/b4-3-;. The van der Waals surface area contributed by atoms with E-state index in [0.29, 0.717) is 6.92 Å². The van der Waals surface area contributed by atoms with Gasteiger partial charge in [-0.1, -0.05) is 13.8 Å². The topological polar surface area (TPSA) is 0 Å². The van der Waals surface area contributed by atoms with E-state index in [1.165, 1.54) is 0 Å².